The number of hydrazine groups is 1. The van der Waals surface area contributed by atoms with E-state index in [0.29, 0.717) is 11.3 Å². The number of likely N-dealkylation sites (N-methyl/N-ethyl adjacent to an activating group) is 1. The zero-order chi connectivity index (χ0) is 22.0. The monoisotopic (exact) mass is 411 g/mol. The first-order valence-electron chi connectivity index (χ1n) is 9.99. The molecule has 156 valence electrons. The number of carbonyl (C=O) groups is 1. The van der Waals surface area contributed by atoms with E-state index >= 15 is 0 Å². The molecule has 0 unspecified atom stereocenters. The molecule has 6 nitrogen and oxygen atoms in total. The molecule has 4 rings (SSSR count). The van der Waals surface area contributed by atoms with Crippen molar-refractivity contribution in [1.82, 2.24) is 9.88 Å². The molecule has 1 aliphatic rings. The second kappa shape index (κ2) is 8.36. The molecule has 0 atom stereocenters. The van der Waals surface area contributed by atoms with Gasteiger partial charge in [0, 0.05) is 44.2 Å². The maximum atomic E-state index is 13.2. The van der Waals surface area contributed by atoms with Crippen LogP contribution in [0.3, 0.4) is 0 Å². The molecule has 2 N–H and O–H groups in total. The lowest BCUT2D eigenvalue weighted by atomic mass is 9.87. The smallest absolute Gasteiger partial charge is 0.211 e. The molecular formula is C25H25N5O. The number of nitrogens with one attached hydrogen (secondary N) is 2. The molecule has 3 aromatic rings. The lowest BCUT2D eigenvalue weighted by molar-refractivity contribution is 0.103. The van der Waals surface area contributed by atoms with E-state index in [2.05, 4.69) is 22.3 Å². The van der Waals surface area contributed by atoms with Crippen LogP contribution in [0.15, 0.2) is 90.9 Å². The fourth-order valence-electron chi connectivity index (χ4n) is 3.65. The van der Waals surface area contributed by atoms with Crippen LogP contribution < -0.4 is 15.8 Å². The number of hydrogen-bond donors (Lipinski definition) is 2. The molecule has 0 amide bonds. The molecular weight excluding hydrogens is 386 g/mol. The lowest BCUT2D eigenvalue weighted by Gasteiger charge is -2.29. The molecule has 1 heterocycles. The Labute approximate surface area is 182 Å². The number of anilines is 3. The maximum absolute atomic E-state index is 13.2. The van der Waals surface area contributed by atoms with Gasteiger partial charge in [-0.15, -0.1) is 0 Å². The summed E-state index contributed by atoms with van der Waals surface area (Å²) in [6, 6.07) is 21.1. The fraction of sp³-hybridized carbons (Fsp3) is 0.120. The summed E-state index contributed by atoms with van der Waals surface area (Å²) in [5.41, 5.74) is 8.70. The summed E-state index contributed by atoms with van der Waals surface area (Å²) in [5.74, 6) is 0.725. The standard InChI is InChI=1S/C25H25N5O/c1-17-20-9-5-6-10-21(20)25(31)23(24(17)29(2)3)27-18-12-14-19(15-13-18)30(4)28-22-11-7-8-16-26-22/h5-16,27H,1H2,2-4H3,(H,26,28). The second-order valence-electron chi connectivity index (χ2n) is 7.53. The number of fused-ring (bicyclic) bond motifs is 1. The largest absolute Gasteiger partial charge is 0.375 e. The third-order valence-electron chi connectivity index (χ3n) is 5.16. The van der Waals surface area contributed by atoms with Crippen LogP contribution in [0.5, 0.6) is 0 Å². The van der Waals surface area contributed by atoms with Crippen molar-refractivity contribution < 1.29 is 4.79 Å². The Balaban J connectivity index is 1.58. The van der Waals surface area contributed by atoms with Gasteiger partial charge in [0.2, 0.25) is 5.78 Å². The Morgan fingerprint density at radius 3 is 2.19 bits per heavy atom. The van der Waals surface area contributed by atoms with Gasteiger partial charge in [0.25, 0.3) is 0 Å². The highest BCUT2D eigenvalue weighted by Gasteiger charge is 2.29. The average molecular weight is 412 g/mol. The minimum atomic E-state index is -0.0373. The minimum absolute atomic E-state index is 0.0373. The summed E-state index contributed by atoms with van der Waals surface area (Å²) in [7, 11) is 5.77. The Hall–Kier alpha value is -4.06. The van der Waals surface area contributed by atoms with Crippen LogP contribution >= 0.6 is 0 Å². The van der Waals surface area contributed by atoms with Gasteiger partial charge in [0.05, 0.1) is 11.4 Å². The Kier molecular flexibility index (Phi) is 5.45. The number of carbonyl (C=O) groups excluding carboxylic acids is 1. The number of pyridine rings is 1. The van der Waals surface area contributed by atoms with Gasteiger partial charge in [-0.3, -0.25) is 15.2 Å². The van der Waals surface area contributed by atoms with Crippen molar-refractivity contribution in [2.45, 2.75) is 0 Å². The fourth-order valence-corrected chi connectivity index (χ4v) is 3.65. The van der Waals surface area contributed by atoms with Gasteiger partial charge in [0.15, 0.2) is 0 Å². The zero-order valence-electron chi connectivity index (χ0n) is 17.9. The summed E-state index contributed by atoms with van der Waals surface area (Å²) in [6.45, 7) is 4.25. The number of nitrogens with zero attached hydrogens (tertiary/aromatic N) is 3. The average Bonchev–Trinajstić information content (AvgIpc) is 2.78. The van der Waals surface area contributed by atoms with Crippen LogP contribution in [0.25, 0.3) is 5.57 Å². The van der Waals surface area contributed by atoms with Crippen LogP contribution in [0.1, 0.15) is 15.9 Å². The number of rotatable bonds is 6. The number of hydrogen-bond acceptors (Lipinski definition) is 6. The van der Waals surface area contributed by atoms with Crippen molar-refractivity contribution in [2.24, 2.45) is 0 Å². The van der Waals surface area contributed by atoms with Crippen LogP contribution in [0.2, 0.25) is 0 Å². The zero-order valence-corrected chi connectivity index (χ0v) is 17.9. The quantitative estimate of drug-likeness (QED) is 0.576. The summed E-state index contributed by atoms with van der Waals surface area (Å²) in [6.07, 6.45) is 1.74. The van der Waals surface area contributed by atoms with E-state index in [1.54, 1.807) is 6.20 Å². The molecule has 0 saturated heterocycles. The van der Waals surface area contributed by atoms with Gasteiger partial charge < -0.3 is 10.2 Å². The highest BCUT2D eigenvalue weighted by molar-refractivity contribution is 6.18. The van der Waals surface area contributed by atoms with Crippen molar-refractivity contribution in [3.8, 4) is 0 Å². The normalized spacial score (nSPS) is 13.0. The van der Waals surface area contributed by atoms with Gasteiger partial charge >= 0.3 is 0 Å². The summed E-state index contributed by atoms with van der Waals surface area (Å²) >= 11 is 0. The SMILES string of the molecule is C=C1C(N(C)C)=C(Nc2ccc(N(C)Nc3ccccn3)cc2)C(=O)c2ccccc21. The maximum Gasteiger partial charge on any atom is 0.211 e. The number of aromatic nitrogens is 1. The molecule has 0 fully saturated rings. The third-order valence-corrected chi connectivity index (χ3v) is 5.16. The van der Waals surface area contributed by atoms with E-state index in [4.69, 9.17) is 0 Å². The van der Waals surface area contributed by atoms with Crippen molar-refractivity contribution in [2.75, 3.05) is 36.9 Å². The molecule has 0 aliphatic heterocycles. The van der Waals surface area contributed by atoms with Gasteiger partial charge in [-0.1, -0.05) is 36.9 Å². The molecule has 6 heteroatoms. The van der Waals surface area contributed by atoms with Crippen molar-refractivity contribution in [1.29, 1.82) is 0 Å². The van der Waals surface area contributed by atoms with Crippen LogP contribution in [-0.2, 0) is 0 Å². The van der Waals surface area contributed by atoms with Gasteiger partial charge in [-0.05, 0) is 42.0 Å². The molecule has 31 heavy (non-hydrogen) atoms. The van der Waals surface area contributed by atoms with Crippen LogP contribution in [0.4, 0.5) is 17.2 Å². The molecule has 0 spiro atoms. The second-order valence-corrected chi connectivity index (χ2v) is 7.53. The van der Waals surface area contributed by atoms with E-state index in [1.807, 2.05) is 97.8 Å². The third kappa shape index (κ3) is 4.00. The van der Waals surface area contributed by atoms with Gasteiger partial charge in [0.1, 0.15) is 11.5 Å². The predicted molar refractivity (Wildman–Crippen MR) is 127 cm³/mol. The van der Waals surface area contributed by atoms with E-state index in [0.717, 1.165) is 34.0 Å². The first kappa shape index (κ1) is 20.2. The predicted octanol–water partition coefficient (Wildman–Crippen LogP) is 4.64. The van der Waals surface area contributed by atoms with Gasteiger partial charge in [-0.25, -0.2) is 4.98 Å². The van der Waals surface area contributed by atoms with E-state index in [1.165, 1.54) is 0 Å². The molecule has 0 saturated carbocycles. The van der Waals surface area contributed by atoms with Crippen molar-refractivity contribution in [3.63, 3.8) is 0 Å². The topological polar surface area (TPSA) is 60.5 Å². The molecule has 0 bridgehead atoms. The number of benzene rings is 2. The first-order valence-corrected chi connectivity index (χ1v) is 9.99. The molecule has 1 aliphatic carbocycles. The highest BCUT2D eigenvalue weighted by Crippen LogP contribution is 2.35. The van der Waals surface area contributed by atoms with E-state index < -0.39 is 0 Å². The molecule has 1 aromatic heterocycles. The first-order chi connectivity index (χ1) is 15.0. The van der Waals surface area contributed by atoms with Crippen molar-refractivity contribution in [3.05, 3.63) is 102 Å². The highest BCUT2D eigenvalue weighted by atomic mass is 16.1. The summed E-state index contributed by atoms with van der Waals surface area (Å²) in [5, 5.41) is 5.21. The number of ketones is 1. The number of Topliss-reactive ketones (excluding diaryl/α,β-unsaturated/α-hetero) is 1. The minimum Gasteiger partial charge on any atom is -0.375 e. The Morgan fingerprint density at radius 2 is 1.55 bits per heavy atom. The molecule has 0 radical (unpaired) electrons. The summed E-state index contributed by atoms with van der Waals surface area (Å²) in [4.78, 5) is 19.5. The van der Waals surface area contributed by atoms with Crippen molar-refractivity contribution >= 4 is 28.5 Å². The summed E-state index contributed by atoms with van der Waals surface area (Å²) < 4.78 is 0. The Bertz CT molecular complexity index is 1150. The van der Waals surface area contributed by atoms with E-state index in [9.17, 15) is 4.79 Å². The lowest BCUT2D eigenvalue weighted by Crippen LogP contribution is -2.27. The number of allylic oxidation sites excluding steroid dienone is 2. The van der Waals surface area contributed by atoms with Gasteiger partial charge in [-0.2, -0.15) is 0 Å². The molecule has 2 aromatic carbocycles. The Morgan fingerprint density at radius 1 is 0.871 bits per heavy atom. The van der Waals surface area contributed by atoms with Crippen LogP contribution in [-0.4, -0.2) is 36.8 Å². The van der Waals surface area contributed by atoms with Crippen LogP contribution in [0, 0.1) is 0 Å². The van der Waals surface area contributed by atoms with E-state index in [-0.39, 0.29) is 5.78 Å².